The number of amides is 2. The van der Waals surface area contributed by atoms with Gasteiger partial charge in [0.25, 0.3) is 0 Å². The molecule has 0 unspecified atom stereocenters. The Morgan fingerprint density at radius 3 is 2.83 bits per heavy atom. The Hall–Kier alpha value is -2.05. The minimum Gasteiger partial charge on any atom is -0.481 e. The van der Waals surface area contributed by atoms with Gasteiger partial charge in [-0.1, -0.05) is 0 Å². The number of hydrogen-bond donors (Lipinski definition) is 2. The third-order valence-electron chi connectivity index (χ3n) is 2.47. The summed E-state index contributed by atoms with van der Waals surface area (Å²) in [4.78, 5) is 27.5. The molecule has 2 N–H and O–H groups in total. The monoisotopic (exact) mass is 254 g/mol. The van der Waals surface area contributed by atoms with Crippen molar-refractivity contribution in [1.29, 1.82) is 0 Å². The quantitative estimate of drug-likeness (QED) is 0.736. The smallest absolute Gasteiger partial charge is 0.317 e. The van der Waals surface area contributed by atoms with E-state index in [0.717, 1.165) is 0 Å². The van der Waals surface area contributed by atoms with Crippen LogP contribution in [-0.2, 0) is 11.3 Å². The van der Waals surface area contributed by atoms with Crippen LogP contribution in [0, 0.1) is 0 Å². The van der Waals surface area contributed by atoms with Crippen LogP contribution in [0.25, 0.3) is 0 Å². The summed E-state index contributed by atoms with van der Waals surface area (Å²) in [5, 5.41) is 11.3. The first-order valence-corrected chi connectivity index (χ1v) is 5.83. The van der Waals surface area contributed by atoms with Crippen molar-refractivity contribution in [3.63, 3.8) is 0 Å². The molecule has 0 saturated heterocycles. The van der Waals surface area contributed by atoms with E-state index in [1.807, 2.05) is 17.7 Å². The SMILES string of the molecule is CCN(CCC(=O)O)C(=O)NCCn1ccnc1. The van der Waals surface area contributed by atoms with Crippen LogP contribution in [-0.4, -0.2) is 51.2 Å². The number of carboxylic acid groups (broad SMARTS) is 1. The largest absolute Gasteiger partial charge is 0.481 e. The molecule has 0 aromatic carbocycles. The number of nitrogens with one attached hydrogen (secondary N) is 1. The van der Waals surface area contributed by atoms with E-state index < -0.39 is 5.97 Å². The Morgan fingerprint density at radius 2 is 2.28 bits per heavy atom. The highest BCUT2D eigenvalue weighted by atomic mass is 16.4. The minimum absolute atomic E-state index is 0.0389. The molecule has 18 heavy (non-hydrogen) atoms. The van der Waals surface area contributed by atoms with Crippen molar-refractivity contribution in [3.05, 3.63) is 18.7 Å². The Morgan fingerprint density at radius 1 is 1.50 bits per heavy atom. The van der Waals surface area contributed by atoms with Crippen LogP contribution in [0.1, 0.15) is 13.3 Å². The summed E-state index contributed by atoms with van der Waals surface area (Å²) in [5.74, 6) is -0.903. The van der Waals surface area contributed by atoms with Crippen LogP contribution < -0.4 is 5.32 Å². The van der Waals surface area contributed by atoms with Crippen LogP contribution in [0.5, 0.6) is 0 Å². The predicted octanol–water partition coefficient (Wildman–Crippen LogP) is 0.389. The number of rotatable bonds is 7. The van der Waals surface area contributed by atoms with Gasteiger partial charge in [0, 0.05) is 38.6 Å². The summed E-state index contributed by atoms with van der Waals surface area (Å²) < 4.78 is 1.85. The average molecular weight is 254 g/mol. The van der Waals surface area contributed by atoms with E-state index in [2.05, 4.69) is 10.3 Å². The number of aliphatic carboxylic acids is 1. The molecule has 7 heteroatoms. The highest BCUT2D eigenvalue weighted by Crippen LogP contribution is 1.93. The molecule has 0 aliphatic rings. The number of urea groups is 1. The molecule has 1 heterocycles. The number of nitrogens with zero attached hydrogens (tertiary/aromatic N) is 3. The van der Waals surface area contributed by atoms with Crippen molar-refractivity contribution in [1.82, 2.24) is 19.8 Å². The van der Waals surface area contributed by atoms with Gasteiger partial charge in [0.1, 0.15) is 0 Å². The van der Waals surface area contributed by atoms with Gasteiger partial charge in [-0.3, -0.25) is 4.79 Å². The fourth-order valence-corrected chi connectivity index (χ4v) is 1.46. The summed E-state index contributed by atoms with van der Waals surface area (Å²) in [5.41, 5.74) is 0. The summed E-state index contributed by atoms with van der Waals surface area (Å²) in [6, 6.07) is -0.237. The second-order valence-electron chi connectivity index (χ2n) is 3.76. The van der Waals surface area contributed by atoms with Crippen molar-refractivity contribution in [3.8, 4) is 0 Å². The molecule has 0 fully saturated rings. The summed E-state index contributed by atoms with van der Waals surface area (Å²) in [6.07, 6.45) is 5.12. The zero-order valence-electron chi connectivity index (χ0n) is 10.4. The standard InChI is InChI=1S/C11H18N4O3/c1-2-15(6-3-10(16)17)11(18)13-5-8-14-7-4-12-9-14/h4,7,9H,2-3,5-6,8H2,1H3,(H,13,18)(H,16,17). The number of carbonyl (C=O) groups excluding carboxylic acids is 1. The number of aromatic nitrogens is 2. The fraction of sp³-hybridized carbons (Fsp3) is 0.545. The molecule has 0 saturated carbocycles. The molecule has 0 spiro atoms. The highest BCUT2D eigenvalue weighted by Gasteiger charge is 2.11. The second kappa shape index (κ2) is 7.31. The van der Waals surface area contributed by atoms with E-state index in [0.29, 0.717) is 19.6 Å². The average Bonchev–Trinajstić information content (AvgIpc) is 2.82. The minimum atomic E-state index is -0.903. The molecule has 0 bridgehead atoms. The van der Waals surface area contributed by atoms with Crippen LogP contribution in [0.3, 0.4) is 0 Å². The van der Waals surface area contributed by atoms with Crippen LogP contribution in [0.2, 0.25) is 0 Å². The normalized spacial score (nSPS) is 10.1. The zero-order chi connectivity index (χ0) is 13.4. The lowest BCUT2D eigenvalue weighted by Gasteiger charge is -2.20. The van der Waals surface area contributed by atoms with Crippen molar-refractivity contribution < 1.29 is 14.7 Å². The number of carboxylic acids is 1. The second-order valence-corrected chi connectivity index (χ2v) is 3.76. The number of hydrogen-bond acceptors (Lipinski definition) is 3. The van der Waals surface area contributed by atoms with Crippen LogP contribution in [0.4, 0.5) is 4.79 Å². The molecule has 1 aromatic rings. The molecule has 0 aliphatic carbocycles. The Bertz CT molecular complexity index is 378. The Balaban J connectivity index is 2.26. The maximum atomic E-state index is 11.7. The molecular weight excluding hydrogens is 236 g/mol. The van der Waals surface area contributed by atoms with E-state index in [9.17, 15) is 9.59 Å². The van der Waals surface area contributed by atoms with Crippen molar-refractivity contribution >= 4 is 12.0 Å². The van der Waals surface area contributed by atoms with Crippen LogP contribution in [0.15, 0.2) is 18.7 Å². The van der Waals surface area contributed by atoms with Gasteiger partial charge in [-0.05, 0) is 6.92 Å². The predicted molar refractivity (Wildman–Crippen MR) is 65.1 cm³/mol. The molecular formula is C11H18N4O3. The highest BCUT2D eigenvalue weighted by molar-refractivity contribution is 5.75. The first-order chi connectivity index (χ1) is 8.63. The van der Waals surface area contributed by atoms with E-state index >= 15 is 0 Å². The van der Waals surface area contributed by atoms with Crippen molar-refractivity contribution in [2.24, 2.45) is 0 Å². The van der Waals surface area contributed by atoms with Gasteiger partial charge in [0.05, 0.1) is 12.7 Å². The third kappa shape index (κ3) is 4.86. The topological polar surface area (TPSA) is 87.5 Å². The van der Waals surface area contributed by atoms with E-state index in [4.69, 9.17) is 5.11 Å². The molecule has 100 valence electrons. The Labute approximate surface area is 105 Å². The molecule has 7 nitrogen and oxygen atoms in total. The van der Waals surface area contributed by atoms with Gasteiger partial charge >= 0.3 is 12.0 Å². The van der Waals surface area contributed by atoms with Gasteiger partial charge in [0.2, 0.25) is 0 Å². The summed E-state index contributed by atoms with van der Waals surface area (Å²) in [6.45, 7) is 3.66. The van der Waals surface area contributed by atoms with Crippen LogP contribution >= 0.6 is 0 Å². The van der Waals surface area contributed by atoms with E-state index in [1.165, 1.54) is 4.90 Å². The lowest BCUT2D eigenvalue weighted by Crippen LogP contribution is -2.42. The van der Waals surface area contributed by atoms with E-state index in [1.54, 1.807) is 12.5 Å². The van der Waals surface area contributed by atoms with Gasteiger partial charge in [-0.2, -0.15) is 0 Å². The van der Waals surface area contributed by atoms with Crippen molar-refractivity contribution in [2.75, 3.05) is 19.6 Å². The number of carbonyl (C=O) groups is 2. The van der Waals surface area contributed by atoms with Gasteiger partial charge in [-0.15, -0.1) is 0 Å². The lowest BCUT2D eigenvalue weighted by atomic mass is 10.4. The molecule has 0 aliphatic heterocycles. The van der Waals surface area contributed by atoms with E-state index in [-0.39, 0.29) is 19.0 Å². The summed E-state index contributed by atoms with van der Waals surface area (Å²) >= 11 is 0. The molecule has 2 amide bonds. The summed E-state index contributed by atoms with van der Waals surface area (Å²) in [7, 11) is 0. The molecule has 1 rings (SSSR count). The maximum absolute atomic E-state index is 11.7. The van der Waals surface area contributed by atoms with Gasteiger partial charge in [-0.25, -0.2) is 9.78 Å². The molecule has 0 atom stereocenters. The first-order valence-electron chi connectivity index (χ1n) is 5.83. The molecule has 0 radical (unpaired) electrons. The maximum Gasteiger partial charge on any atom is 0.317 e. The lowest BCUT2D eigenvalue weighted by molar-refractivity contribution is -0.137. The zero-order valence-corrected chi connectivity index (χ0v) is 10.4. The van der Waals surface area contributed by atoms with Gasteiger partial charge < -0.3 is 19.9 Å². The van der Waals surface area contributed by atoms with Crippen molar-refractivity contribution in [2.45, 2.75) is 19.9 Å². The fourth-order valence-electron chi connectivity index (χ4n) is 1.46. The Kier molecular flexibility index (Phi) is 5.69. The number of imidazole rings is 1. The third-order valence-corrected chi connectivity index (χ3v) is 2.47. The first kappa shape index (κ1) is 14.0. The van der Waals surface area contributed by atoms with Gasteiger partial charge in [0.15, 0.2) is 0 Å². The molecule has 1 aromatic heterocycles.